The zero-order chi connectivity index (χ0) is 15.7. The second-order valence-corrected chi connectivity index (χ2v) is 5.79. The van der Waals surface area contributed by atoms with Crippen molar-refractivity contribution in [3.8, 4) is 6.07 Å². The third-order valence-corrected chi connectivity index (χ3v) is 3.82. The minimum atomic E-state index is -4.54. The summed E-state index contributed by atoms with van der Waals surface area (Å²) in [6, 6.07) is 4.86. The summed E-state index contributed by atoms with van der Waals surface area (Å²) in [4.78, 5) is 1.92. The molecule has 1 aliphatic heterocycles. The first-order valence-electron chi connectivity index (χ1n) is 6.73. The molecule has 0 saturated carbocycles. The molecule has 1 unspecified atom stereocenters. The first-order chi connectivity index (χ1) is 9.73. The van der Waals surface area contributed by atoms with Gasteiger partial charge >= 0.3 is 6.18 Å². The van der Waals surface area contributed by atoms with Gasteiger partial charge in [0.2, 0.25) is 0 Å². The molecule has 1 heterocycles. The van der Waals surface area contributed by atoms with E-state index >= 15 is 0 Å². The van der Waals surface area contributed by atoms with Gasteiger partial charge in [0.25, 0.3) is 0 Å². The lowest BCUT2D eigenvalue weighted by molar-refractivity contribution is -0.137. The van der Waals surface area contributed by atoms with Gasteiger partial charge in [-0.25, -0.2) is 4.39 Å². The number of nitrogens with zero attached hydrogens (tertiary/aromatic N) is 2. The van der Waals surface area contributed by atoms with E-state index in [9.17, 15) is 17.6 Å². The molecular formula is C15H16F4N2. The fourth-order valence-electron chi connectivity index (χ4n) is 2.66. The second-order valence-electron chi connectivity index (χ2n) is 5.79. The number of rotatable bonds is 2. The van der Waals surface area contributed by atoms with Crippen LogP contribution in [-0.2, 0) is 12.7 Å². The van der Waals surface area contributed by atoms with E-state index in [4.69, 9.17) is 5.26 Å². The summed E-state index contributed by atoms with van der Waals surface area (Å²) in [7, 11) is 0. The Morgan fingerprint density at radius 3 is 2.67 bits per heavy atom. The molecule has 0 N–H and O–H groups in total. The Hall–Kier alpha value is -1.61. The van der Waals surface area contributed by atoms with E-state index < -0.39 is 23.0 Å². The average Bonchev–Trinajstić information content (AvgIpc) is 2.40. The van der Waals surface area contributed by atoms with E-state index in [1.807, 2.05) is 11.8 Å². The van der Waals surface area contributed by atoms with Gasteiger partial charge in [-0.3, -0.25) is 4.90 Å². The summed E-state index contributed by atoms with van der Waals surface area (Å²) in [5, 5.41) is 9.14. The first kappa shape index (κ1) is 15.8. The molecular weight excluding hydrogens is 284 g/mol. The van der Waals surface area contributed by atoms with Crippen molar-refractivity contribution in [2.24, 2.45) is 5.41 Å². The molecule has 0 aromatic heterocycles. The number of alkyl halides is 3. The van der Waals surface area contributed by atoms with Gasteiger partial charge in [-0.1, -0.05) is 6.07 Å². The van der Waals surface area contributed by atoms with E-state index in [2.05, 4.69) is 6.07 Å². The minimum Gasteiger partial charge on any atom is -0.297 e. The predicted octanol–water partition coefficient (Wildman–Crippen LogP) is 3.97. The predicted molar refractivity (Wildman–Crippen MR) is 69.6 cm³/mol. The van der Waals surface area contributed by atoms with Crippen LogP contribution in [0.5, 0.6) is 0 Å². The maximum atomic E-state index is 13.8. The van der Waals surface area contributed by atoms with Crippen molar-refractivity contribution in [2.45, 2.75) is 32.5 Å². The van der Waals surface area contributed by atoms with E-state index in [1.165, 1.54) is 6.07 Å². The normalized spacial score (nSPS) is 23.8. The van der Waals surface area contributed by atoms with Gasteiger partial charge in [-0.2, -0.15) is 18.4 Å². The summed E-state index contributed by atoms with van der Waals surface area (Å²) in [5.74, 6) is -0.853. The number of nitriles is 1. The van der Waals surface area contributed by atoms with Crippen molar-refractivity contribution in [3.05, 3.63) is 35.1 Å². The number of benzene rings is 1. The van der Waals surface area contributed by atoms with E-state index in [0.29, 0.717) is 12.6 Å². The topological polar surface area (TPSA) is 27.0 Å². The lowest BCUT2D eigenvalue weighted by Crippen LogP contribution is -2.40. The van der Waals surface area contributed by atoms with Gasteiger partial charge in [0.05, 0.1) is 17.0 Å². The van der Waals surface area contributed by atoms with Crippen LogP contribution in [-0.4, -0.2) is 18.0 Å². The summed E-state index contributed by atoms with van der Waals surface area (Å²) in [6.07, 6.45) is -2.92. The van der Waals surface area contributed by atoms with Crippen LogP contribution < -0.4 is 0 Å². The Bertz CT molecular complexity index is 562. The first-order valence-corrected chi connectivity index (χ1v) is 6.73. The van der Waals surface area contributed by atoms with Gasteiger partial charge < -0.3 is 0 Å². The summed E-state index contributed by atoms with van der Waals surface area (Å²) in [6.45, 7) is 3.30. The fraction of sp³-hybridized carbons (Fsp3) is 0.533. The largest absolute Gasteiger partial charge is 0.416 e. The molecule has 0 bridgehead atoms. The average molecular weight is 300 g/mol. The van der Waals surface area contributed by atoms with Crippen LogP contribution in [0.1, 0.15) is 30.9 Å². The molecule has 6 heteroatoms. The van der Waals surface area contributed by atoms with Gasteiger partial charge in [0, 0.05) is 18.7 Å². The van der Waals surface area contributed by atoms with E-state index in [0.717, 1.165) is 25.5 Å². The number of hydrogen-bond donors (Lipinski definition) is 0. The van der Waals surface area contributed by atoms with E-state index in [1.54, 1.807) is 0 Å². The van der Waals surface area contributed by atoms with Gasteiger partial charge in [-0.05, 0) is 38.4 Å². The Kier molecular flexibility index (Phi) is 4.24. The molecule has 1 atom stereocenters. The second kappa shape index (κ2) is 5.64. The highest BCUT2D eigenvalue weighted by molar-refractivity contribution is 5.26. The Morgan fingerprint density at radius 2 is 2.10 bits per heavy atom. The third-order valence-electron chi connectivity index (χ3n) is 3.82. The van der Waals surface area contributed by atoms with Crippen molar-refractivity contribution in [2.75, 3.05) is 13.1 Å². The Morgan fingerprint density at radius 1 is 1.38 bits per heavy atom. The molecule has 21 heavy (non-hydrogen) atoms. The number of likely N-dealkylation sites (tertiary alicyclic amines) is 1. The highest BCUT2D eigenvalue weighted by Gasteiger charge is 2.33. The van der Waals surface area contributed by atoms with Crippen molar-refractivity contribution >= 4 is 0 Å². The minimum absolute atomic E-state index is 0.223. The molecule has 0 aliphatic carbocycles. The third kappa shape index (κ3) is 3.73. The SMILES string of the molecule is CC1(C#N)CCCN(Cc2ccc(C(F)(F)F)cc2F)C1. The molecule has 1 aromatic rings. The molecule has 1 fully saturated rings. The van der Waals surface area contributed by atoms with Crippen LogP contribution in [0.4, 0.5) is 17.6 Å². The summed E-state index contributed by atoms with van der Waals surface area (Å²) >= 11 is 0. The van der Waals surface area contributed by atoms with Gasteiger partial charge in [-0.15, -0.1) is 0 Å². The van der Waals surface area contributed by atoms with Gasteiger partial charge in [0.1, 0.15) is 5.82 Å². The molecule has 0 radical (unpaired) electrons. The molecule has 0 spiro atoms. The maximum absolute atomic E-state index is 13.8. The van der Waals surface area contributed by atoms with Crippen molar-refractivity contribution < 1.29 is 17.6 Å². The fourth-order valence-corrected chi connectivity index (χ4v) is 2.66. The lowest BCUT2D eigenvalue weighted by atomic mass is 9.83. The van der Waals surface area contributed by atoms with Crippen LogP contribution in [0.25, 0.3) is 0 Å². The van der Waals surface area contributed by atoms with Crippen LogP contribution >= 0.6 is 0 Å². The number of halogens is 4. The smallest absolute Gasteiger partial charge is 0.297 e. The molecule has 114 valence electrons. The van der Waals surface area contributed by atoms with Crippen molar-refractivity contribution in [1.29, 1.82) is 5.26 Å². The molecule has 1 saturated heterocycles. The van der Waals surface area contributed by atoms with E-state index in [-0.39, 0.29) is 12.1 Å². The molecule has 2 nitrogen and oxygen atoms in total. The van der Waals surface area contributed by atoms with Crippen molar-refractivity contribution in [1.82, 2.24) is 4.90 Å². The van der Waals surface area contributed by atoms with Gasteiger partial charge in [0.15, 0.2) is 0 Å². The number of hydrogen-bond acceptors (Lipinski definition) is 2. The summed E-state index contributed by atoms with van der Waals surface area (Å²) in [5.41, 5.74) is -1.23. The van der Waals surface area contributed by atoms with Crippen LogP contribution in [0.2, 0.25) is 0 Å². The molecule has 2 rings (SSSR count). The van der Waals surface area contributed by atoms with Crippen LogP contribution in [0, 0.1) is 22.6 Å². The Labute approximate surface area is 121 Å². The van der Waals surface area contributed by atoms with Crippen molar-refractivity contribution in [3.63, 3.8) is 0 Å². The number of piperidine rings is 1. The maximum Gasteiger partial charge on any atom is 0.416 e. The molecule has 0 amide bonds. The monoisotopic (exact) mass is 300 g/mol. The van der Waals surface area contributed by atoms with Crippen LogP contribution in [0.3, 0.4) is 0 Å². The highest BCUT2D eigenvalue weighted by atomic mass is 19.4. The van der Waals surface area contributed by atoms with Crippen LogP contribution in [0.15, 0.2) is 18.2 Å². The zero-order valence-corrected chi connectivity index (χ0v) is 11.7. The quantitative estimate of drug-likeness (QED) is 0.773. The highest BCUT2D eigenvalue weighted by Crippen LogP contribution is 2.32. The lowest BCUT2D eigenvalue weighted by Gasteiger charge is -2.36. The molecule has 1 aliphatic rings. The molecule has 1 aromatic carbocycles. The standard InChI is InChI=1S/C15H16F4N2/c1-14(9-20)5-2-6-21(10-14)8-11-3-4-12(7-13(11)16)15(17,18)19/h3-4,7H,2,5-6,8,10H2,1H3. The zero-order valence-electron chi connectivity index (χ0n) is 11.7. The Balaban J connectivity index is 2.12. The summed E-state index contributed by atoms with van der Waals surface area (Å²) < 4.78 is 51.3.